The predicted molar refractivity (Wildman–Crippen MR) is 43.2 cm³/mol. The van der Waals surface area contributed by atoms with E-state index in [9.17, 15) is 4.79 Å². The van der Waals surface area contributed by atoms with Crippen LogP contribution >= 0.6 is 0 Å². The van der Waals surface area contributed by atoms with Crippen molar-refractivity contribution >= 4 is 11.7 Å². The molecule has 2 amide bonds. The van der Waals surface area contributed by atoms with E-state index in [1.54, 1.807) is 13.1 Å². The largest absolute Gasteiger partial charge is 0.351 e. The van der Waals surface area contributed by atoms with Crippen molar-refractivity contribution in [2.45, 2.75) is 13.8 Å². The van der Waals surface area contributed by atoms with Crippen LogP contribution in [0.2, 0.25) is 0 Å². The summed E-state index contributed by atoms with van der Waals surface area (Å²) in [4.78, 5) is 16.3. The number of amides is 2. The topological polar surface area (TPSA) is 58.7 Å². The van der Waals surface area contributed by atoms with Gasteiger partial charge in [-0.2, -0.15) is 0 Å². The van der Waals surface area contributed by atoms with Gasteiger partial charge in [-0.15, -0.1) is 0 Å². The summed E-state index contributed by atoms with van der Waals surface area (Å²) in [6.45, 7) is 4.18. The number of carbonyl (C=O) groups excluding carboxylic acids is 1. The molecule has 0 aromatic carbocycles. The molecular weight excluding hydrogens is 142 g/mol. The lowest BCUT2D eigenvalue weighted by molar-refractivity contribution is 0.225. The molecule has 60 valence electrons. The lowest BCUT2D eigenvalue weighted by Crippen LogP contribution is -2.38. The number of hydrogen-bond donors (Lipinski definition) is 1. The van der Waals surface area contributed by atoms with Gasteiger partial charge in [-0.3, -0.25) is 9.89 Å². The molecule has 1 rings (SSSR count). The maximum Gasteiger partial charge on any atom is 0.319 e. The molecule has 4 heteroatoms. The zero-order valence-corrected chi connectivity index (χ0v) is 6.66. The molecule has 0 saturated carbocycles. The Bertz CT molecular complexity index is 242. The zero-order valence-electron chi connectivity index (χ0n) is 6.66. The molecule has 1 heterocycles. The van der Waals surface area contributed by atoms with Gasteiger partial charge in [0.1, 0.15) is 0 Å². The molecule has 11 heavy (non-hydrogen) atoms. The van der Waals surface area contributed by atoms with Gasteiger partial charge in [0.05, 0.1) is 6.54 Å². The lowest BCUT2D eigenvalue weighted by atomic mass is 10.3. The number of nitrogens with two attached hydrogens (primary N) is 1. The molecule has 0 unspecified atom stereocenters. The summed E-state index contributed by atoms with van der Waals surface area (Å²) in [7, 11) is 0. The van der Waals surface area contributed by atoms with Crippen LogP contribution in [-0.4, -0.2) is 23.2 Å². The van der Waals surface area contributed by atoms with Gasteiger partial charge < -0.3 is 5.73 Å². The maximum atomic E-state index is 10.8. The van der Waals surface area contributed by atoms with E-state index in [0.29, 0.717) is 6.54 Å². The van der Waals surface area contributed by atoms with Crippen LogP contribution in [0.1, 0.15) is 13.8 Å². The summed E-state index contributed by atoms with van der Waals surface area (Å²) in [5.41, 5.74) is 6.80. The third-order valence-corrected chi connectivity index (χ3v) is 1.55. The Morgan fingerprint density at radius 1 is 1.73 bits per heavy atom. The first-order valence-electron chi connectivity index (χ1n) is 3.38. The molecule has 0 saturated heterocycles. The van der Waals surface area contributed by atoms with Gasteiger partial charge in [-0.25, -0.2) is 4.79 Å². The first-order chi connectivity index (χ1) is 5.11. The number of nitrogens with zero attached hydrogens (tertiary/aromatic N) is 2. The highest BCUT2D eigenvalue weighted by Crippen LogP contribution is 2.08. The smallest absolute Gasteiger partial charge is 0.319 e. The minimum Gasteiger partial charge on any atom is -0.351 e. The van der Waals surface area contributed by atoms with E-state index in [1.165, 1.54) is 4.90 Å². The Hall–Kier alpha value is -1.32. The SMILES string of the molecule is CC1=CN=C(C)CN1C(N)=O. The quantitative estimate of drug-likeness (QED) is 0.547. The summed E-state index contributed by atoms with van der Waals surface area (Å²) in [6, 6.07) is -0.423. The number of allylic oxidation sites excluding steroid dienone is 1. The highest BCUT2D eigenvalue weighted by Gasteiger charge is 2.14. The summed E-state index contributed by atoms with van der Waals surface area (Å²) in [5.74, 6) is 0. The van der Waals surface area contributed by atoms with E-state index in [4.69, 9.17) is 5.73 Å². The van der Waals surface area contributed by atoms with Crippen molar-refractivity contribution in [3.8, 4) is 0 Å². The fourth-order valence-electron chi connectivity index (χ4n) is 0.919. The van der Waals surface area contributed by atoms with Crippen LogP contribution in [0.25, 0.3) is 0 Å². The van der Waals surface area contributed by atoms with Crippen LogP contribution in [0.5, 0.6) is 0 Å². The van der Waals surface area contributed by atoms with Crippen LogP contribution < -0.4 is 5.73 Å². The molecule has 0 bridgehead atoms. The number of carbonyl (C=O) groups is 1. The number of primary amides is 1. The summed E-state index contributed by atoms with van der Waals surface area (Å²) in [6.07, 6.45) is 1.64. The molecule has 2 N–H and O–H groups in total. The molecule has 0 spiro atoms. The normalized spacial score (nSPS) is 17.5. The average Bonchev–Trinajstić information content (AvgIpc) is 1.94. The van der Waals surface area contributed by atoms with E-state index < -0.39 is 6.03 Å². The molecule has 0 aromatic heterocycles. The van der Waals surface area contributed by atoms with Crippen molar-refractivity contribution in [3.05, 3.63) is 11.9 Å². The van der Waals surface area contributed by atoms with Crippen molar-refractivity contribution in [2.24, 2.45) is 10.7 Å². The predicted octanol–water partition coefficient (Wildman–Crippen LogP) is 0.703. The fraction of sp³-hybridized carbons (Fsp3) is 0.429. The third kappa shape index (κ3) is 1.58. The van der Waals surface area contributed by atoms with Gasteiger partial charge >= 0.3 is 6.03 Å². The second-order valence-corrected chi connectivity index (χ2v) is 2.56. The van der Waals surface area contributed by atoms with Crippen molar-refractivity contribution in [1.82, 2.24) is 4.90 Å². The van der Waals surface area contributed by atoms with Crippen LogP contribution in [-0.2, 0) is 0 Å². The fourth-order valence-corrected chi connectivity index (χ4v) is 0.919. The van der Waals surface area contributed by atoms with E-state index in [2.05, 4.69) is 4.99 Å². The Labute approximate surface area is 65.4 Å². The standard InChI is InChI=1S/C7H11N3O/c1-5-4-10(7(8)11)6(2)3-9-5/h3H,4H2,1-2H3,(H2,8,11). The third-order valence-electron chi connectivity index (χ3n) is 1.55. The first kappa shape index (κ1) is 7.78. The Morgan fingerprint density at radius 2 is 2.36 bits per heavy atom. The Kier molecular flexibility index (Phi) is 1.94. The van der Waals surface area contributed by atoms with Crippen molar-refractivity contribution in [1.29, 1.82) is 0 Å². The minimum atomic E-state index is -0.423. The summed E-state index contributed by atoms with van der Waals surface area (Å²) in [5, 5.41) is 0. The van der Waals surface area contributed by atoms with Gasteiger partial charge in [0.2, 0.25) is 0 Å². The molecule has 0 aromatic rings. The van der Waals surface area contributed by atoms with Crippen molar-refractivity contribution in [3.63, 3.8) is 0 Å². The zero-order chi connectivity index (χ0) is 8.43. The first-order valence-corrected chi connectivity index (χ1v) is 3.38. The number of urea groups is 1. The van der Waals surface area contributed by atoms with E-state index >= 15 is 0 Å². The molecule has 4 nitrogen and oxygen atoms in total. The molecule has 0 aliphatic carbocycles. The molecule has 0 radical (unpaired) electrons. The van der Waals surface area contributed by atoms with Gasteiger partial charge in [-0.05, 0) is 13.8 Å². The van der Waals surface area contributed by atoms with Crippen LogP contribution in [0, 0.1) is 0 Å². The molecule has 1 aliphatic rings. The van der Waals surface area contributed by atoms with E-state index in [-0.39, 0.29) is 0 Å². The van der Waals surface area contributed by atoms with Crippen molar-refractivity contribution < 1.29 is 4.79 Å². The molecule has 0 atom stereocenters. The van der Waals surface area contributed by atoms with Gasteiger partial charge in [-0.1, -0.05) is 0 Å². The average molecular weight is 153 g/mol. The second-order valence-electron chi connectivity index (χ2n) is 2.56. The molecular formula is C7H11N3O. The number of hydrogen-bond acceptors (Lipinski definition) is 2. The summed E-state index contributed by atoms with van der Waals surface area (Å²) < 4.78 is 0. The van der Waals surface area contributed by atoms with E-state index in [1.807, 2.05) is 6.92 Å². The molecule has 1 aliphatic heterocycles. The van der Waals surface area contributed by atoms with Crippen LogP contribution in [0.3, 0.4) is 0 Å². The van der Waals surface area contributed by atoms with Crippen molar-refractivity contribution in [2.75, 3.05) is 6.54 Å². The Balaban J connectivity index is 2.81. The molecule has 0 fully saturated rings. The van der Waals surface area contributed by atoms with Crippen LogP contribution in [0.4, 0.5) is 4.79 Å². The highest BCUT2D eigenvalue weighted by atomic mass is 16.2. The monoisotopic (exact) mass is 153 g/mol. The second kappa shape index (κ2) is 2.74. The highest BCUT2D eigenvalue weighted by molar-refractivity contribution is 5.89. The Morgan fingerprint density at radius 3 is 2.82 bits per heavy atom. The van der Waals surface area contributed by atoms with Gasteiger partial charge in [0.25, 0.3) is 0 Å². The summed E-state index contributed by atoms with van der Waals surface area (Å²) >= 11 is 0. The number of aliphatic imine (C=N–C) groups is 1. The number of rotatable bonds is 0. The minimum absolute atomic E-state index is 0.423. The van der Waals surface area contributed by atoms with E-state index in [0.717, 1.165) is 11.4 Å². The van der Waals surface area contributed by atoms with Gasteiger partial charge in [0.15, 0.2) is 0 Å². The van der Waals surface area contributed by atoms with Gasteiger partial charge in [0, 0.05) is 17.6 Å². The maximum absolute atomic E-state index is 10.8. The van der Waals surface area contributed by atoms with Crippen LogP contribution in [0.15, 0.2) is 16.9 Å². The lowest BCUT2D eigenvalue weighted by Gasteiger charge is -2.22.